The van der Waals surface area contributed by atoms with Gasteiger partial charge in [-0.1, -0.05) is 115 Å². The van der Waals surface area contributed by atoms with E-state index in [2.05, 4.69) is 108 Å². The maximum absolute atomic E-state index is 6.55. The number of rotatable bonds is 4. The monoisotopic (exact) mass is 563 g/mol. The van der Waals surface area contributed by atoms with E-state index in [1.807, 2.05) is 48.5 Å². The van der Waals surface area contributed by atoms with Crippen molar-refractivity contribution in [3.63, 3.8) is 0 Å². The zero-order valence-electron chi connectivity index (χ0n) is 23.7. The fraction of sp³-hybridized carbons (Fsp3) is 0. The average Bonchev–Trinajstić information content (AvgIpc) is 3.65. The summed E-state index contributed by atoms with van der Waals surface area (Å²) in [4.78, 5) is 10.2. The van der Waals surface area contributed by atoms with Crippen LogP contribution in [-0.4, -0.2) is 14.5 Å². The van der Waals surface area contributed by atoms with Crippen LogP contribution in [-0.2, 0) is 0 Å². The Kier molecular flexibility index (Phi) is 5.47. The van der Waals surface area contributed by atoms with Crippen LogP contribution < -0.4 is 0 Å². The molecule has 0 aliphatic carbocycles. The van der Waals surface area contributed by atoms with Crippen LogP contribution >= 0.6 is 0 Å². The lowest BCUT2D eigenvalue weighted by molar-refractivity contribution is 0.669. The molecule has 4 heteroatoms. The van der Waals surface area contributed by atoms with Gasteiger partial charge in [-0.25, -0.2) is 9.97 Å². The summed E-state index contributed by atoms with van der Waals surface area (Å²) in [6.07, 6.45) is 0. The highest BCUT2D eigenvalue weighted by molar-refractivity contribution is 6.18. The molecule has 0 amide bonds. The molecule has 0 atom stereocenters. The Hall–Kier alpha value is -6.00. The topological polar surface area (TPSA) is 43.9 Å². The maximum Gasteiger partial charge on any atom is 0.160 e. The highest BCUT2D eigenvalue weighted by Gasteiger charge is 2.21. The highest BCUT2D eigenvalue weighted by atomic mass is 16.3. The van der Waals surface area contributed by atoms with Gasteiger partial charge in [-0.3, -0.25) is 0 Å². The number of benzene rings is 6. The lowest BCUT2D eigenvalue weighted by Gasteiger charge is -2.12. The lowest BCUT2D eigenvalue weighted by atomic mass is 10.0. The molecule has 9 aromatic rings. The Balaban J connectivity index is 1.37. The van der Waals surface area contributed by atoms with E-state index in [9.17, 15) is 0 Å². The zero-order valence-corrected chi connectivity index (χ0v) is 23.7. The fourth-order valence-corrected chi connectivity index (χ4v) is 6.49. The van der Waals surface area contributed by atoms with Crippen molar-refractivity contribution in [2.45, 2.75) is 0 Å². The minimum absolute atomic E-state index is 0.689. The molecule has 0 fully saturated rings. The van der Waals surface area contributed by atoms with Gasteiger partial charge < -0.3 is 8.98 Å². The molecule has 0 aliphatic heterocycles. The van der Waals surface area contributed by atoms with Gasteiger partial charge in [0.2, 0.25) is 0 Å². The number of nitrogens with zero attached hydrogens (tertiary/aromatic N) is 3. The number of aromatic nitrogens is 3. The molecule has 6 aromatic carbocycles. The van der Waals surface area contributed by atoms with E-state index in [1.165, 1.54) is 10.8 Å². The molecule has 0 aliphatic rings. The summed E-state index contributed by atoms with van der Waals surface area (Å²) >= 11 is 0. The molecule has 4 nitrogen and oxygen atoms in total. The van der Waals surface area contributed by atoms with E-state index in [0.717, 1.165) is 66.7 Å². The molecule has 0 N–H and O–H groups in total. The van der Waals surface area contributed by atoms with Gasteiger partial charge in [-0.2, -0.15) is 0 Å². The standard InChI is InChI=1S/C40H25N3O/c1-3-13-26(14-4-1)31-25-32(42-40(41-31)27-15-5-2-6-16-27)30-19-11-23-36-38(30)39-35(22-12-24-37(39)44-36)43-33-20-9-7-17-28(33)29-18-8-10-21-34(29)43/h1-25H. The van der Waals surface area contributed by atoms with Gasteiger partial charge in [-0.15, -0.1) is 0 Å². The van der Waals surface area contributed by atoms with Gasteiger partial charge in [0.25, 0.3) is 0 Å². The van der Waals surface area contributed by atoms with E-state index in [0.29, 0.717) is 5.82 Å². The van der Waals surface area contributed by atoms with E-state index in [4.69, 9.17) is 14.4 Å². The Morgan fingerprint density at radius 3 is 1.73 bits per heavy atom. The lowest BCUT2D eigenvalue weighted by Crippen LogP contribution is -1.97. The van der Waals surface area contributed by atoms with Crippen molar-refractivity contribution in [3.05, 3.63) is 152 Å². The van der Waals surface area contributed by atoms with Gasteiger partial charge in [0.15, 0.2) is 5.82 Å². The SMILES string of the molecule is c1ccc(-c2cc(-c3cccc4oc5cccc(-n6c7ccccc7c7ccccc76)c5c34)nc(-c3ccccc3)n2)cc1. The second kappa shape index (κ2) is 9.79. The van der Waals surface area contributed by atoms with Crippen LogP contribution in [0.2, 0.25) is 0 Å². The predicted octanol–water partition coefficient (Wildman–Crippen LogP) is 10.5. The molecule has 0 bridgehead atoms. The van der Waals surface area contributed by atoms with Crippen LogP contribution in [0, 0.1) is 0 Å². The van der Waals surface area contributed by atoms with Gasteiger partial charge in [0.05, 0.1) is 33.5 Å². The van der Waals surface area contributed by atoms with Crippen LogP contribution in [0.5, 0.6) is 0 Å². The zero-order chi connectivity index (χ0) is 29.0. The molecular formula is C40H25N3O. The molecule has 0 unspecified atom stereocenters. The van der Waals surface area contributed by atoms with E-state index in [-0.39, 0.29) is 0 Å². The van der Waals surface area contributed by atoms with Crippen LogP contribution in [0.1, 0.15) is 0 Å². The number of furan rings is 1. The van der Waals surface area contributed by atoms with Gasteiger partial charge >= 0.3 is 0 Å². The summed E-state index contributed by atoms with van der Waals surface area (Å²) in [5.41, 5.74) is 9.81. The Morgan fingerprint density at radius 2 is 1.02 bits per heavy atom. The van der Waals surface area contributed by atoms with E-state index in [1.54, 1.807) is 0 Å². The largest absolute Gasteiger partial charge is 0.456 e. The maximum atomic E-state index is 6.55. The molecule has 0 radical (unpaired) electrons. The van der Waals surface area contributed by atoms with E-state index >= 15 is 0 Å². The number of hydrogen-bond donors (Lipinski definition) is 0. The Bertz CT molecular complexity index is 2380. The molecule has 206 valence electrons. The predicted molar refractivity (Wildman–Crippen MR) is 180 cm³/mol. The van der Waals surface area contributed by atoms with Gasteiger partial charge in [-0.05, 0) is 36.4 Å². The first-order chi connectivity index (χ1) is 21.8. The quantitative estimate of drug-likeness (QED) is 0.214. The van der Waals surface area contributed by atoms with E-state index < -0.39 is 0 Å². The third kappa shape index (κ3) is 3.78. The second-order valence-corrected chi connectivity index (χ2v) is 11.0. The number of hydrogen-bond acceptors (Lipinski definition) is 3. The van der Waals surface area contributed by atoms with Gasteiger partial charge in [0, 0.05) is 32.8 Å². The fourth-order valence-electron chi connectivity index (χ4n) is 6.49. The van der Waals surface area contributed by atoms with Crippen LogP contribution in [0.4, 0.5) is 0 Å². The van der Waals surface area contributed by atoms with Crippen LogP contribution in [0.3, 0.4) is 0 Å². The minimum atomic E-state index is 0.689. The van der Waals surface area contributed by atoms with Crippen molar-refractivity contribution in [1.82, 2.24) is 14.5 Å². The molecule has 0 spiro atoms. The smallest absolute Gasteiger partial charge is 0.160 e. The van der Waals surface area contributed by atoms with Crippen molar-refractivity contribution in [2.75, 3.05) is 0 Å². The first-order valence-corrected chi connectivity index (χ1v) is 14.8. The van der Waals surface area contributed by atoms with Gasteiger partial charge in [0.1, 0.15) is 11.2 Å². The molecule has 44 heavy (non-hydrogen) atoms. The number of para-hydroxylation sites is 2. The molecule has 3 aromatic heterocycles. The molecular weight excluding hydrogens is 538 g/mol. The van der Waals surface area contributed by atoms with Crippen molar-refractivity contribution >= 4 is 43.7 Å². The molecule has 0 saturated carbocycles. The second-order valence-electron chi connectivity index (χ2n) is 11.0. The summed E-state index contributed by atoms with van der Waals surface area (Å²) in [5, 5.41) is 4.55. The molecule has 0 saturated heterocycles. The minimum Gasteiger partial charge on any atom is -0.456 e. The van der Waals surface area contributed by atoms with Crippen LogP contribution in [0.25, 0.3) is 83.3 Å². The summed E-state index contributed by atoms with van der Waals surface area (Å²) in [5.74, 6) is 0.689. The third-order valence-corrected chi connectivity index (χ3v) is 8.42. The summed E-state index contributed by atoms with van der Waals surface area (Å²) < 4.78 is 8.92. The molecule has 3 heterocycles. The summed E-state index contributed by atoms with van der Waals surface area (Å²) in [6, 6.07) is 52.3. The third-order valence-electron chi connectivity index (χ3n) is 8.42. The Labute approximate surface area is 253 Å². The summed E-state index contributed by atoms with van der Waals surface area (Å²) in [6.45, 7) is 0. The number of fused-ring (bicyclic) bond motifs is 6. The van der Waals surface area contributed by atoms with Crippen molar-refractivity contribution in [3.8, 4) is 39.6 Å². The first kappa shape index (κ1) is 24.6. The van der Waals surface area contributed by atoms with Crippen molar-refractivity contribution in [1.29, 1.82) is 0 Å². The summed E-state index contributed by atoms with van der Waals surface area (Å²) in [7, 11) is 0. The highest BCUT2D eigenvalue weighted by Crippen LogP contribution is 2.42. The van der Waals surface area contributed by atoms with Crippen molar-refractivity contribution in [2.24, 2.45) is 0 Å². The first-order valence-electron chi connectivity index (χ1n) is 14.8. The Morgan fingerprint density at radius 1 is 0.455 bits per heavy atom. The van der Waals surface area contributed by atoms with Crippen molar-refractivity contribution < 1.29 is 4.42 Å². The molecule has 9 rings (SSSR count). The average molecular weight is 564 g/mol. The van der Waals surface area contributed by atoms with Crippen LogP contribution in [0.15, 0.2) is 156 Å². The normalized spacial score (nSPS) is 11.6.